The average molecular weight is 563 g/mol. The summed E-state index contributed by atoms with van der Waals surface area (Å²) in [6, 6.07) is 0. The van der Waals surface area contributed by atoms with E-state index in [9.17, 15) is 4.79 Å². The molecular formula is C22H39IN6OS. The number of aromatic nitrogens is 1. The third-order valence-corrected chi connectivity index (χ3v) is 7.06. The molecule has 7 nitrogen and oxygen atoms in total. The second kappa shape index (κ2) is 13.6. The molecule has 2 aliphatic rings. The molecule has 9 heteroatoms. The van der Waals surface area contributed by atoms with Crippen molar-refractivity contribution >= 4 is 47.2 Å². The van der Waals surface area contributed by atoms with Crippen molar-refractivity contribution in [1.82, 2.24) is 25.0 Å². The third kappa shape index (κ3) is 8.16. The van der Waals surface area contributed by atoms with Crippen molar-refractivity contribution in [1.29, 1.82) is 0 Å². The maximum Gasteiger partial charge on any atom is 0.236 e. The molecule has 176 valence electrons. The van der Waals surface area contributed by atoms with E-state index in [0.717, 1.165) is 88.3 Å². The number of nitrogens with one attached hydrogen (secondary N) is 1. The molecule has 1 aromatic rings. The predicted molar refractivity (Wildman–Crippen MR) is 140 cm³/mol. The zero-order chi connectivity index (χ0) is 21.3. The van der Waals surface area contributed by atoms with Crippen molar-refractivity contribution in [3.63, 3.8) is 0 Å². The van der Waals surface area contributed by atoms with Crippen LogP contribution in [-0.4, -0.2) is 90.5 Å². The summed E-state index contributed by atoms with van der Waals surface area (Å²) in [7, 11) is 0. The summed E-state index contributed by atoms with van der Waals surface area (Å²) >= 11 is 1.78. The Labute approximate surface area is 208 Å². The molecule has 3 heterocycles. The van der Waals surface area contributed by atoms with Gasteiger partial charge in [0, 0.05) is 63.7 Å². The molecule has 0 aliphatic carbocycles. The fraction of sp³-hybridized carbons (Fsp3) is 0.773. The van der Waals surface area contributed by atoms with E-state index in [0.29, 0.717) is 12.5 Å². The van der Waals surface area contributed by atoms with Gasteiger partial charge in [0.15, 0.2) is 5.96 Å². The lowest BCUT2D eigenvalue weighted by atomic mass is 10.2. The molecule has 0 saturated carbocycles. The molecule has 1 aromatic heterocycles. The van der Waals surface area contributed by atoms with Crippen LogP contribution in [0.3, 0.4) is 0 Å². The smallest absolute Gasteiger partial charge is 0.236 e. The number of halogens is 1. The van der Waals surface area contributed by atoms with E-state index in [2.05, 4.69) is 45.8 Å². The van der Waals surface area contributed by atoms with Gasteiger partial charge in [0.05, 0.1) is 17.2 Å². The summed E-state index contributed by atoms with van der Waals surface area (Å²) in [5.74, 6) is 1.30. The SMILES string of the molecule is CCNC(=NCCc1sc(C)nc1C)N1CCN(CC(=O)N2CCCCCC2)CC1.I. The van der Waals surface area contributed by atoms with Crippen molar-refractivity contribution in [2.75, 3.05) is 58.9 Å². The molecule has 2 fully saturated rings. The molecule has 0 unspecified atom stereocenters. The highest BCUT2D eigenvalue weighted by atomic mass is 127. The van der Waals surface area contributed by atoms with Crippen LogP contribution in [0.4, 0.5) is 0 Å². The molecule has 0 bridgehead atoms. The number of thiazole rings is 1. The number of hydrogen-bond acceptors (Lipinski definition) is 5. The van der Waals surface area contributed by atoms with Crippen LogP contribution in [0.1, 0.15) is 48.2 Å². The number of aliphatic imine (C=N–C) groups is 1. The zero-order valence-corrected chi connectivity index (χ0v) is 22.5. The van der Waals surface area contributed by atoms with Gasteiger partial charge in [-0.2, -0.15) is 0 Å². The Morgan fingerprint density at radius 2 is 1.71 bits per heavy atom. The number of nitrogens with zero attached hydrogens (tertiary/aromatic N) is 5. The molecule has 31 heavy (non-hydrogen) atoms. The lowest BCUT2D eigenvalue weighted by molar-refractivity contribution is -0.132. The van der Waals surface area contributed by atoms with Gasteiger partial charge < -0.3 is 15.1 Å². The number of carbonyl (C=O) groups excluding carboxylic acids is 1. The van der Waals surface area contributed by atoms with Crippen molar-refractivity contribution in [3.8, 4) is 0 Å². The van der Waals surface area contributed by atoms with Gasteiger partial charge in [0.25, 0.3) is 0 Å². The van der Waals surface area contributed by atoms with Crippen molar-refractivity contribution in [3.05, 3.63) is 15.6 Å². The minimum absolute atomic E-state index is 0. The van der Waals surface area contributed by atoms with Gasteiger partial charge in [0.2, 0.25) is 5.91 Å². The van der Waals surface area contributed by atoms with E-state index in [-0.39, 0.29) is 24.0 Å². The van der Waals surface area contributed by atoms with Crippen molar-refractivity contribution in [2.24, 2.45) is 4.99 Å². The fourth-order valence-electron chi connectivity index (χ4n) is 4.22. The molecule has 1 N–H and O–H groups in total. The molecule has 2 aliphatic heterocycles. The first-order chi connectivity index (χ1) is 14.6. The van der Waals surface area contributed by atoms with Crippen LogP contribution in [0.5, 0.6) is 0 Å². The zero-order valence-electron chi connectivity index (χ0n) is 19.4. The van der Waals surface area contributed by atoms with E-state index < -0.39 is 0 Å². The average Bonchev–Trinajstić information content (AvgIpc) is 2.92. The second-order valence-corrected chi connectivity index (χ2v) is 9.57. The minimum Gasteiger partial charge on any atom is -0.357 e. The number of piperazine rings is 1. The monoisotopic (exact) mass is 562 g/mol. The summed E-state index contributed by atoms with van der Waals surface area (Å²) in [5.41, 5.74) is 1.14. The number of aryl methyl sites for hydroxylation is 2. The first kappa shape index (κ1) is 26.3. The maximum absolute atomic E-state index is 12.7. The van der Waals surface area contributed by atoms with E-state index in [1.807, 2.05) is 0 Å². The van der Waals surface area contributed by atoms with Gasteiger partial charge in [-0.05, 0) is 33.6 Å². The van der Waals surface area contributed by atoms with Gasteiger partial charge in [-0.1, -0.05) is 12.8 Å². The Morgan fingerprint density at radius 3 is 2.29 bits per heavy atom. The molecule has 0 aromatic carbocycles. The van der Waals surface area contributed by atoms with E-state index in [1.54, 1.807) is 11.3 Å². The maximum atomic E-state index is 12.7. The first-order valence-corrected chi connectivity index (χ1v) is 12.3. The second-order valence-electron chi connectivity index (χ2n) is 8.29. The van der Waals surface area contributed by atoms with Gasteiger partial charge in [-0.15, -0.1) is 35.3 Å². The number of carbonyl (C=O) groups is 1. The Balaban J connectivity index is 0.00000341. The number of guanidine groups is 1. The van der Waals surface area contributed by atoms with Crippen LogP contribution >= 0.6 is 35.3 Å². The largest absolute Gasteiger partial charge is 0.357 e. The summed E-state index contributed by atoms with van der Waals surface area (Å²) < 4.78 is 0. The first-order valence-electron chi connectivity index (χ1n) is 11.5. The van der Waals surface area contributed by atoms with Crippen molar-refractivity contribution < 1.29 is 4.79 Å². The minimum atomic E-state index is 0. The van der Waals surface area contributed by atoms with Crippen LogP contribution < -0.4 is 5.32 Å². The number of amides is 1. The van der Waals surface area contributed by atoms with Crippen LogP contribution in [0.15, 0.2) is 4.99 Å². The molecular weight excluding hydrogens is 523 g/mol. The Bertz CT molecular complexity index is 709. The topological polar surface area (TPSA) is 64.1 Å². The highest BCUT2D eigenvalue weighted by Gasteiger charge is 2.23. The lowest BCUT2D eigenvalue weighted by Crippen LogP contribution is -2.54. The van der Waals surface area contributed by atoms with Gasteiger partial charge in [0.1, 0.15) is 0 Å². The summed E-state index contributed by atoms with van der Waals surface area (Å²) in [5, 5.41) is 4.57. The van der Waals surface area contributed by atoms with Crippen molar-refractivity contribution in [2.45, 2.75) is 52.9 Å². The summed E-state index contributed by atoms with van der Waals surface area (Å²) in [6.45, 7) is 14.0. The van der Waals surface area contributed by atoms with Gasteiger partial charge in [-0.3, -0.25) is 14.7 Å². The summed E-state index contributed by atoms with van der Waals surface area (Å²) in [4.78, 5) is 30.1. The van der Waals surface area contributed by atoms with E-state index in [1.165, 1.54) is 17.7 Å². The Morgan fingerprint density at radius 1 is 1.03 bits per heavy atom. The van der Waals surface area contributed by atoms with Crippen LogP contribution in [0.25, 0.3) is 0 Å². The normalized spacial score (nSPS) is 18.5. The molecule has 0 atom stereocenters. The van der Waals surface area contributed by atoms with Gasteiger partial charge >= 0.3 is 0 Å². The highest BCUT2D eigenvalue weighted by Crippen LogP contribution is 2.17. The van der Waals surface area contributed by atoms with Crippen LogP contribution in [0.2, 0.25) is 0 Å². The van der Waals surface area contributed by atoms with Crippen LogP contribution in [0, 0.1) is 13.8 Å². The molecule has 0 spiro atoms. The third-order valence-electron chi connectivity index (χ3n) is 5.92. The van der Waals surface area contributed by atoms with E-state index >= 15 is 0 Å². The standard InChI is InChI=1S/C22H38N6OS.HI/c1-4-23-22(24-10-9-20-18(2)25-19(3)30-20)28-15-13-26(14-16-28)17-21(29)27-11-7-5-6-8-12-27;/h4-17H2,1-3H3,(H,23,24);1H. The predicted octanol–water partition coefficient (Wildman–Crippen LogP) is 2.91. The quantitative estimate of drug-likeness (QED) is 0.328. The Hall–Kier alpha value is -0.940. The van der Waals surface area contributed by atoms with E-state index in [4.69, 9.17) is 4.99 Å². The molecule has 1 amide bonds. The molecule has 0 radical (unpaired) electrons. The number of likely N-dealkylation sites (tertiary alicyclic amines) is 1. The molecule has 3 rings (SSSR count). The highest BCUT2D eigenvalue weighted by molar-refractivity contribution is 14.0. The number of rotatable bonds is 6. The van der Waals surface area contributed by atoms with Gasteiger partial charge in [-0.25, -0.2) is 4.98 Å². The van der Waals surface area contributed by atoms with Crippen LogP contribution in [-0.2, 0) is 11.2 Å². The fourth-order valence-corrected chi connectivity index (χ4v) is 5.15. The number of hydrogen-bond donors (Lipinski definition) is 1. The Kier molecular flexibility index (Phi) is 11.5. The summed E-state index contributed by atoms with van der Waals surface area (Å²) in [6.07, 6.45) is 5.77. The molecule has 2 saturated heterocycles. The lowest BCUT2D eigenvalue weighted by Gasteiger charge is -2.37.